The number of rotatable bonds is 5. The highest BCUT2D eigenvalue weighted by Crippen LogP contribution is 2.20. The summed E-state index contributed by atoms with van der Waals surface area (Å²) in [6, 6.07) is 11.6. The van der Waals surface area contributed by atoms with E-state index < -0.39 is 5.82 Å². The molecule has 6 nitrogen and oxygen atoms in total. The first-order valence-corrected chi connectivity index (χ1v) is 10.7. The molecule has 2 heterocycles. The largest absolute Gasteiger partial charge is 0.368 e. The van der Waals surface area contributed by atoms with Gasteiger partial charge in [-0.15, -0.1) is 11.3 Å². The number of piperazine rings is 1. The maximum Gasteiger partial charge on any atom is 0.257 e. The highest BCUT2D eigenvalue weighted by molar-refractivity contribution is 7.14. The standard InChI is InChI=1S/C22H20F2N4O2S/c23-16-3-1-15(2-4-16)21(30)26-22-25-18(14-31-22)13-20(29)28-11-9-27(10-12-28)19-7-5-17(24)6-8-19/h1-8,14H,9-13H2,(H,25,26,30). The molecule has 0 bridgehead atoms. The number of hydrogen-bond donors (Lipinski definition) is 1. The second-order valence-corrected chi connectivity index (χ2v) is 7.98. The number of carbonyl (C=O) groups excluding carboxylic acids is 2. The van der Waals surface area contributed by atoms with E-state index in [1.54, 1.807) is 22.4 Å². The Hall–Kier alpha value is -3.33. The average Bonchev–Trinajstić information content (AvgIpc) is 3.21. The minimum atomic E-state index is -0.412. The molecule has 31 heavy (non-hydrogen) atoms. The van der Waals surface area contributed by atoms with Crippen LogP contribution >= 0.6 is 11.3 Å². The third-order valence-corrected chi connectivity index (χ3v) is 5.84. The van der Waals surface area contributed by atoms with Crippen LogP contribution in [0.5, 0.6) is 0 Å². The van der Waals surface area contributed by atoms with Gasteiger partial charge in [0.05, 0.1) is 12.1 Å². The van der Waals surface area contributed by atoms with Gasteiger partial charge in [0, 0.05) is 42.8 Å². The van der Waals surface area contributed by atoms with Crippen molar-refractivity contribution >= 4 is 34.0 Å². The van der Waals surface area contributed by atoms with Gasteiger partial charge in [-0.3, -0.25) is 14.9 Å². The van der Waals surface area contributed by atoms with Crippen molar-refractivity contribution in [2.24, 2.45) is 0 Å². The van der Waals surface area contributed by atoms with Crippen molar-refractivity contribution in [2.75, 3.05) is 36.4 Å². The summed E-state index contributed by atoms with van der Waals surface area (Å²) in [5.74, 6) is -1.09. The molecule has 0 radical (unpaired) electrons. The molecule has 1 N–H and O–H groups in total. The van der Waals surface area contributed by atoms with Crippen molar-refractivity contribution in [3.63, 3.8) is 0 Å². The van der Waals surface area contributed by atoms with E-state index in [0.29, 0.717) is 42.6 Å². The Balaban J connectivity index is 1.28. The number of aromatic nitrogens is 1. The van der Waals surface area contributed by atoms with Crippen molar-refractivity contribution in [1.82, 2.24) is 9.88 Å². The lowest BCUT2D eigenvalue weighted by Gasteiger charge is -2.36. The Bertz CT molecular complexity index is 1060. The molecule has 9 heteroatoms. The average molecular weight is 442 g/mol. The second-order valence-electron chi connectivity index (χ2n) is 7.13. The topological polar surface area (TPSA) is 65.5 Å². The monoisotopic (exact) mass is 442 g/mol. The number of benzene rings is 2. The maximum atomic E-state index is 13.1. The lowest BCUT2D eigenvalue weighted by atomic mass is 10.2. The van der Waals surface area contributed by atoms with Crippen molar-refractivity contribution in [3.05, 3.63) is 76.8 Å². The van der Waals surface area contributed by atoms with E-state index in [0.717, 1.165) is 5.69 Å². The summed E-state index contributed by atoms with van der Waals surface area (Å²) >= 11 is 1.24. The molecule has 1 aliphatic heterocycles. The third-order valence-electron chi connectivity index (χ3n) is 5.04. The molecule has 0 spiro atoms. The minimum absolute atomic E-state index is 0.0273. The van der Waals surface area contributed by atoms with Gasteiger partial charge in [-0.2, -0.15) is 0 Å². The molecular formula is C22H20F2N4O2S. The summed E-state index contributed by atoms with van der Waals surface area (Å²) in [5, 5.41) is 4.80. The zero-order chi connectivity index (χ0) is 21.8. The summed E-state index contributed by atoms with van der Waals surface area (Å²) in [6.45, 7) is 2.50. The molecule has 2 aromatic carbocycles. The fourth-order valence-electron chi connectivity index (χ4n) is 3.35. The second kappa shape index (κ2) is 9.22. The van der Waals surface area contributed by atoms with Crippen LogP contribution < -0.4 is 10.2 Å². The minimum Gasteiger partial charge on any atom is -0.368 e. The molecule has 0 aliphatic carbocycles. The summed E-state index contributed by atoms with van der Waals surface area (Å²) in [6.07, 6.45) is 0.152. The maximum absolute atomic E-state index is 13.1. The first-order chi connectivity index (χ1) is 15.0. The summed E-state index contributed by atoms with van der Waals surface area (Å²) in [4.78, 5) is 33.1. The van der Waals surface area contributed by atoms with Gasteiger partial charge < -0.3 is 9.80 Å². The van der Waals surface area contributed by atoms with Gasteiger partial charge in [0.2, 0.25) is 5.91 Å². The van der Waals surface area contributed by atoms with Gasteiger partial charge >= 0.3 is 0 Å². The first-order valence-electron chi connectivity index (χ1n) is 9.77. The third kappa shape index (κ3) is 5.24. The number of anilines is 2. The molecule has 1 aromatic heterocycles. The van der Waals surface area contributed by atoms with Crippen molar-refractivity contribution in [2.45, 2.75) is 6.42 Å². The van der Waals surface area contributed by atoms with Crippen molar-refractivity contribution < 1.29 is 18.4 Å². The van der Waals surface area contributed by atoms with Gasteiger partial charge in [0.15, 0.2) is 5.13 Å². The van der Waals surface area contributed by atoms with E-state index in [-0.39, 0.29) is 24.1 Å². The van der Waals surface area contributed by atoms with Crippen LogP contribution in [-0.2, 0) is 11.2 Å². The molecule has 1 fully saturated rings. The Morgan fingerprint density at radius 3 is 2.19 bits per heavy atom. The van der Waals surface area contributed by atoms with Crippen LogP contribution in [-0.4, -0.2) is 47.9 Å². The van der Waals surface area contributed by atoms with E-state index in [1.165, 1.54) is 47.7 Å². The molecule has 1 aliphatic rings. The molecule has 160 valence electrons. The number of halogens is 2. The Morgan fingerprint density at radius 1 is 0.935 bits per heavy atom. The zero-order valence-electron chi connectivity index (χ0n) is 16.6. The number of thiazole rings is 1. The van der Waals surface area contributed by atoms with Gasteiger partial charge in [-0.05, 0) is 48.5 Å². The summed E-state index contributed by atoms with van der Waals surface area (Å²) in [7, 11) is 0. The SMILES string of the molecule is O=C(Nc1nc(CC(=O)N2CCN(c3ccc(F)cc3)CC2)cs1)c1ccc(F)cc1. The lowest BCUT2D eigenvalue weighted by molar-refractivity contribution is -0.130. The van der Waals surface area contributed by atoms with Crippen LogP contribution in [0.2, 0.25) is 0 Å². The Kier molecular flexibility index (Phi) is 6.22. The highest BCUT2D eigenvalue weighted by Gasteiger charge is 2.22. The fraction of sp³-hybridized carbons (Fsp3) is 0.227. The predicted octanol–water partition coefficient (Wildman–Crippen LogP) is 3.56. The first kappa shape index (κ1) is 20.9. The van der Waals surface area contributed by atoms with E-state index in [2.05, 4.69) is 15.2 Å². The van der Waals surface area contributed by atoms with Gasteiger partial charge in [0.1, 0.15) is 11.6 Å². The van der Waals surface area contributed by atoms with E-state index in [1.807, 2.05) is 0 Å². The Labute approximate surface area is 182 Å². The number of nitrogens with zero attached hydrogens (tertiary/aromatic N) is 3. The van der Waals surface area contributed by atoms with Crippen LogP contribution in [0, 0.1) is 11.6 Å². The van der Waals surface area contributed by atoms with Crippen LogP contribution in [0.4, 0.5) is 19.6 Å². The van der Waals surface area contributed by atoms with Crippen LogP contribution in [0.25, 0.3) is 0 Å². The number of nitrogens with one attached hydrogen (secondary N) is 1. The molecule has 4 rings (SSSR count). The molecule has 2 amide bonds. The number of hydrogen-bond acceptors (Lipinski definition) is 5. The smallest absolute Gasteiger partial charge is 0.257 e. The van der Waals surface area contributed by atoms with Crippen LogP contribution in [0.15, 0.2) is 53.9 Å². The zero-order valence-corrected chi connectivity index (χ0v) is 17.4. The van der Waals surface area contributed by atoms with E-state index in [9.17, 15) is 18.4 Å². The van der Waals surface area contributed by atoms with E-state index >= 15 is 0 Å². The molecule has 3 aromatic rings. The molecule has 1 saturated heterocycles. The van der Waals surface area contributed by atoms with Gasteiger partial charge in [-0.25, -0.2) is 13.8 Å². The van der Waals surface area contributed by atoms with E-state index in [4.69, 9.17) is 0 Å². The Morgan fingerprint density at radius 2 is 1.55 bits per heavy atom. The molecule has 0 saturated carbocycles. The van der Waals surface area contributed by atoms with Gasteiger partial charge in [-0.1, -0.05) is 0 Å². The molecule has 0 atom stereocenters. The van der Waals surface area contributed by atoms with Gasteiger partial charge in [0.25, 0.3) is 5.91 Å². The summed E-state index contributed by atoms with van der Waals surface area (Å²) < 4.78 is 26.1. The van der Waals surface area contributed by atoms with Crippen molar-refractivity contribution in [1.29, 1.82) is 0 Å². The fourth-order valence-corrected chi connectivity index (χ4v) is 4.05. The summed E-state index contributed by atoms with van der Waals surface area (Å²) in [5.41, 5.74) is 1.85. The lowest BCUT2D eigenvalue weighted by Crippen LogP contribution is -2.49. The number of carbonyl (C=O) groups is 2. The van der Waals surface area contributed by atoms with Crippen LogP contribution in [0.1, 0.15) is 16.1 Å². The molecule has 0 unspecified atom stereocenters. The molecular weight excluding hydrogens is 422 g/mol. The normalized spacial score (nSPS) is 13.9. The number of amides is 2. The predicted molar refractivity (Wildman–Crippen MR) is 115 cm³/mol. The van der Waals surface area contributed by atoms with Crippen molar-refractivity contribution in [3.8, 4) is 0 Å². The quantitative estimate of drug-likeness (QED) is 0.656. The highest BCUT2D eigenvalue weighted by atomic mass is 32.1. The van der Waals surface area contributed by atoms with Crippen LogP contribution in [0.3, 0.4) is 0 Å².